The van der Waals surface area contributed by atoms with Crippen LogP contribution in [-0.4, -0.2) is 47.8 Å². The summed E-state index contributed by atoms with van der Waals surface area (Å²) in [4.78, 5) is 0. The lowest BCUT2D eigenvalue weighted by Crippen LogP contribution is -2.50. The van der Waals surface area contributed by atoms with Gasteiger partial charge in [-0.15, -0.1) is 0 Å². The molecule has 1 N–H and O–H groups in total. The summed E-state index contributed by atoms with van der Waals surface area (Å²) in [7, 11) is 0. The SMILES string of the molecule is CCCNC(C1CCSC1)C1CCOC2(CCSC2)C1. The quantitative estimate of drug-likeness (QED) is 0.839. The average Bonchev–Trinajstić information content (AvgIpc) is 3.12. The van der Waals surface area contributed by atoms with Gasteiger partial charge in [0.1, 0.15) is 0 Å². The normalized spacial score (nSPS) is 39.5. The summed E-state index contributed by atoms with van der Waals surface area (Å²) in [5, 5.41) is 3.91. The Morgan fingerprint density at radius 1 is 1.25 bits per heavy atom. The minimum Gasteiger partial charge on any atom is -0.374 e. The Balaban J connectivity index is 1.65. The summed E-state index contributed by atoms with van der Waals surface area (Å²) in [6, 6.07) is 0.747. The van der Waals surface area contributed by atoms with Gasteiger partial charge in [-0.3, -0.25) is 0 Å². The molecular weight excluding hydrogens is 286 g/mol. The molecule has 3 aliphatic rings. The highest BCUT2D eigenvalue weighted by Crippen LogP contribution is 2.43. The third-order valence-corrected chi connectivity index (χ3v) is 7.62. The predicted octanol–water partition coefficient (Wildman–Crippen LogP) is 3.41. The van der Waals surface area contributed by atoms with Gasteiger partial charge >= 0.3 is 0 Å². The molecule has 3 saturated heterocycles. The number of ether oxygens (including phenoxy) is 1. The molecule has 0 saturated carbocycles. The van der Waals surface area contributed by atoms with Crippen molar-refractivity contribution in [3.05, 3.63) is 0 Å². The molecule has 3 rings (SSSR count). The summed E-state index contributed by atoms with van der Waals surface area (Å²) in [6.07, 6.45) is 6.54. The molecule has 0 aromatic carbocycles. The van der Waals surface area contributed by atoms with Crippen molar-refractivity contribution in [1.82, 2.24) is 5.32 Å². The predicted molar refractivity (Wildman–Crippen MR) is 90.9 cm³/mol. The molecule has 0 radical (unpaired) electrons. The second-order valence-electron chi connectivity index (χ2n) is 6.69. The molecule has 4 heteroatoms. The second-order valence-corrected chi connectivity index (χ2v) is 8.95. The van der Waals surface area contributed by atoms with Gasteiger partial charge in [-0.1, -0.05) is 6.92 Å². The summed E-state index contributed by atoms with van der Waals surface area (Å²) in [5.74, 6) is 7.04. The molecule has 1 spiro atoms. The van der Waals surface area contributed by atoms with Crippen molar-refractivity contribution in [2.75, 3.05) is 36.2 Å². The van der Waals surface area contributed by atoms with Crippen molar-refractivity contribution in [2.45, 2.75) is 50.7 Å². The largest absolute Gasteiger partial charge is 0.374 e. The molecule has 3 heterocycles. The van der Waals surface area contributed by atoms with E-state index in [1.165, 1.54) is 61.7 Å². The van der Waals surface area contributed by atoms with E-state index in [9.17, 15) is 0 Å². The van der Waals surface area contributed by atoms with E-state index in [2.05, 4.69) is 35.8 Å². The number of nitrogens with one attached hydrogen (secondary N) is 1. The third-order valence-electron chi connectivity index (χ3n) is 5.21. The molecule has 0 amide bonds. The smallest absolute Gasteiger partial charge is 0.0783 e. The Morgan fingerprint density at radius 2 is 2.20 bits per heavy atom. The lowest BCUT2D eigenvalue weighted by Gasteiger charge is -2.43. The van der Waals surface area contributed by atoms with E-state index in [1.54, 1.807) is 0 Å². The topological polar surface area (TPSA) is 21.3 Å². The molecule has 4 atom stereocenters. The van der Waals surface area contributed by atoms with Gasteiger partial charge in [0.25, 0.3) is 0 Å². The van der Waals surface area contributed by atoms with Gasteiger partial charge in [0, 0.05) is 18.4 Å². The maximum atomic E-state index is 6.22. The lowest BCUT2D eigenvalue weighted by molar-refractivity contribution is -0.0877. The van der Waals surface area contributed by atoms with Crippen LogP contribution in [0.25, 0.3) is 0 Å². The molecule has 0 aromatic rings. The summed E-state index contributed by atoms with van der Waals surface area (Å²) < 4.78 is 6.22. The summed E-state index contributed by atoms with van der Waals surface area (Å²) in [5.41, 5.74) is 0.242. The van der Waals surface area contributed by atoms with E-state index in [4.69, 9.17) is 4.74 Å². The standard InChI is InChI=1S/C16H29NOS2/c1-2-6-17-15(14-4-8-19-11-14)13-3-7-18-16(10-13)5-9-20-12-16/h13-15,17H,2-12H2,1H3. The zero-order chi connectivity index (χ0) is 13.8. The first-order chi connectivity index (χ1) is 9.83. The van der Waals surface area contributed by atoms with Crippen molar-refractivity contribution < 1.29 is 4.74 Å². The van der Waals surface area contributed by atoms with Crippen LogP contribution in [0.3, 0.4) is 0 Å². The van der Waals surface area contributed by atoms with Crippen molar-refractivity contribution in [3.8, 4) is 0 Å². The van der Waals surface area contributed by atoms with Crippen LogP contribution in [0, 0.1) is 11.8 Å². The molecule has 3 fully saturated rings. The van der Waals surface area contributed by atoms with Crippen LogP contribution in [0.1, 0.15) is 39.0 Å². The Hall–Kier alpha value is 0.620. The van der Waals surface area contributed by atoms with E-state index in [0.29, 0.717) is 0 Å². The second kappa shape index (κ2) is 7.26. The van der Waals surface area contributed by atoms with E-state index >= 15 is 0 Å². The van der Waals surface area contributed by atoms with Crippen molar-refractivity contribution in [2.24, 2.45) is 11.8 Å². The maximum absolute atomic E-state index is 6.22. The summed E-state index contributed by atoms with van der Waals surface area (Å²) in [6.45, 7) is 4.47. The van der Waals surface area contributed by atoms with Crippen LogP contribution in [0.2, 0.25) is 0 Å². The Kier molecular flexibility index (Phi) is 5.63. The van der Waals surface area contributed by atoms with Gasteiger partial charge in [0.15, 0.2) is 0 Å². The molecular formula is C16H29NOS2. The maximum Gasteiger partial charge on any atom is 0.0783 e. The first-order valence-corrected chi connectivity index (χ1v) is 10.7. The zero-order valence-electron chi connectivity index (χ0n) is 12.7. The lowest BCUT2D eigenvalue weighted by atomic mass is 9.77. The van der Waals surface area contributed by atoms with Crippen LogP contribution in [0.15, 0.2) is 0 Å². The molecule has 0 aliphatic carbocycles. The zero-order valence-corrected chi connectivity index (χ0v) is 14.4. The fourth-order valence-corrected chi connectivity index (χ4v) is 6.79. The van der Waals surface area contributed by atoms with Gasteiger partial charge in [-0.05, 0) is 67.7 Å². The molecule has 0 bridgehead atoms. The molecule has 0 aromatic heterocycles. The van der Waals surface area contributed by atoms with E-state index in [1.807, 2.05) is 0 Å². The van der Waals surface area contributed by atoms with Gasteiger partial charge in [0.05, 0.1) is 5.60 Å². The Bertz CT molecular complexity index is 301. The Morgan fingerprint density at radius 3 is 2.90 bits per heavy atom. The fourth-order valence-electron chi connectivity index (χ4n) is 4.10. The van der Waals surface area contributed by atoms with E-state index in [0.717, 1.165) is 24.5 Å². The Labute approximate surface area is 132 Å². The van der Waals surface area contributed by atoms with Gasteiger partial charge in [-0.2, -0.15) is 23.5 Å². The van der Waals surface area contributed by atoms with Crippen LogP contribution in [-0.2, 0) is 4.74 Å². The first kappa shape index (κ1) is 15.5. The highest BCUT2D eigenvalue weighted by Gasteiger charge is 2.44. The molecule has 4 unspecified atom stereocenters. The number of hydrogen-bond donors (Lipinski definition) is 1. The molecule has 116 valence electrons. The van der Waals surface area contributed by atoms with Gasteiger partial charge in [0.2, 0.25) is 0 Å². The highest BCUT2D eigenvalue weighted by molar-refractivity contribution is 7.99. The molecule has 20 heavy (non-hydrogen) atoms. The van der Waals surface area contributed by atoms with Crippen LogP contribution in [0.5, 0.6) is 0 Å². The first-order valence-electron chi connectivity index (χ1n) is 8.36. The minimum atomic E-state index is 0.242. The summed E-state index contributed by atoms with van der Waals surface area (Å²) >= 11 is 4.25. The number of thioether (sulfide) groups is 2. The van der Waals surface area contributed by atoms with Crippen LogP contribution < -0.4 is 5.32 Å². The van der Waals surface area contributed by atoms with Crippen LogP contribution in [0.4, 0.5) is 0 Å². The van der Waals surface area contributed by atoms with Gasteiger partial charge < -0.3 is 10.1 Å². The van der Waals surface area contributed by atoms with Crippen molar-refractivity contribution in [1.29, 1.82) is 0 Å². The van der Waals surface area contributed by atoms with Crippen LogP contribution >= 0.6 is 23.5 Å². The van der Waals surface area contributed by atoms with Crippen molar-refractivity contribution >= 4 is 23.5 Å². The minimum absolute atomic E-state index is 0.242. The third kappa shape index (κ3) is 3.50. The fraction of sp³-hybridized carbons (Fsp3) is 1.00. The number of hydrogen-bond acceptors (Lipinski definition) is 4. The van der Waals surface area contributed by atoms with E-state index in [-0.39, 0.29) is 5.60 Å². The van der Waals surface area contributed by atoms with Gasteiger partial charge in [-0.25, -0.2) is 0 Å². The van der Waals surface area contributed by atoms with Crippen molar-refractivity contribution in [3.63, 3.8) is 0 Å². The average molecular weight is 316 g/mol. The molecule has 3 aliphatic heterocycles. The monoisotopic (exact) mass is 315 g/mol. The van der Waals surface area contributed by atoms with E-state index < -0.39 is 0 Å². The highest BCUT2D eigenvalue weighted by atomic mass is 32.2. The molecule has 2 nitrogen and oxygen atoms in total. The number of rotatable bonds is 5.